The van der Waals surface area contributed by atoms with Gasteiger partial charge < -0.3 is 4.57 Å². The Morgan fingerprint density at radius 3 is 2.24 bits per heavy atom. The number of rotatable bonds is 5. The van der Waals surface area contributed by atoms with Crippen LogP contribution in [-0.2, 0) is 10.0 Å². The second-order valence-corrected chi connectivity index (χ2v) is 7.98. The molecule has 5 heteroatoms. The quantitative estimate of drug-likeness (QED) is 0.749. The van der Waals surface area contributed by atoms with Crippen LogP contribution in [0.1, 0.15) is 29.7 Å². The first-order valence-corrected chi connectivity index (χ1v) is 9.68. The van der Waals surface area contributed by atoms with Gasteiger partial charge in [0.25, 0.3) is 0 Å². The van der Waals surface area contributed by atoms with Crippen molar-refractivity contribution >= 4 is 10.0 Å². The van der Waals surface area contributed by atoms with Gasteiger partial charge in [-0.3, -0.25) is 0 Å². The smallest absolute Gasteiger partial charge is 0.241 e. The van der Waals surface area contributed by atoms with Crippen LogP contribution in [0.5, 0.6) is 0 Å². The summed E-state index contributed by atoms with van der Waals surface area (Å²) in [5, 5.41) is 0. The van der Waals surface area contributed by atoms with Gasteiger partial charge >= 0.3 is 0 Å². The minimum absolute atomic E-state index is 0.316. The third-order valence-corrected chi connectivity index (χ3v) is 5.94. The zero-order valence-corrected chi connectivity index (χ0v) is 15.4. The highest BCUT2D eigenvalue weighted by Gasteiger charge is 2.20. The molecule has 130 valence electrons. The number of hydrogen-bond donors (Lipinski definition) is 1. The number of hydrogen-bond acceptors (Lipinski definition) is 2. The van der Waals surface area contributed by atoms with Crippen LogP contribution in [0, 0.1) is 13.8 Å². The predicted octanol–water partition coefficient (Wildman–Crippen LogP) is 4.13. The van der Waals surface area contributed by atoms with Gasteiger partial charge in [0.15, 0.2) is 0 Å². The van der Waals surface area contributed by atoms with Gasteiger partial charge in [-0.25, -0.2) is 13.1 Å². The van der Waals surface area contributed by atoms with E-state index in [0.717, 1.165) is 22.4 Å². The molecule has 1 heterocycles. The summed E-state index contributed by atoms with van der Waals surface area (Å²) in [6, 6.07) is 16.9. The van der Waals surface area contributed by atoms with Gasteiger partial charge in [-0.05, 0) is 67.8 Å². The second kappa shape index (κ2) is 6.86. The van der Waals surface area contributed by atoms with Gasteiger partial charge in [0.2, 0.25) is 10.0 Å². The number of nitrogens with zero attached hydrogens (tertiary/aromatic N) is 1. The Morgan fingerprint density at radius 2 is 1.60 bits per heavy atom. The van der Waals surface area contributed by atoms with Gasteiger partial charge in [-0.1, -0.05) is 24.3 Å². The fraction of sp³-hybridized carbons (Fsp3) is 0.200. The highest BCUT2D eigenvalue weighted by atomic mass is 32.2. The number of aromatic nitrogens is 1. The first kappa shape index (κ1) is 17.5. The lowest BCUT2D eigenvalue weighted by Crippen LogP contribution is -2.27. The minimum Gasteiger partial charge on any atom is -0.324 e. The molecule has 0 aliphatic carbocycles. The number of nitrogens with one attached hydrogen (secondary N) is 1. The van der Waals surface area contributed by atoms with Gasteiger partial charge in [0, 0.05) is 24.1 Å². The molecule has 0 radical (unpaired) electrons. The Hall–Kier alpha value is -2.37. The fourth-order valence-electron chi connectivity index (χ4n) is 2.80. The maximum absolute atomic E-state index is 12.7. The van der Waals surface area contributed by atoms with E-state index in [-0.39, 0.29) is 6.04 Å². The normalized spacial score (nSPS) is 12.9. The molecule has 1 N–H and O–H groups in total. The van der Waals surface area contributed by atoms with Crippen molar-refractivity contribution < 1.29 is 8.42 Å². The van der Waals surface area contributed by atoms with E-state index in [2.05, 4.69) is 4.72 Å². The zero-order valence-electron chi connectivity index (χ0n) is 14.6. The molecule has 0 aliphatic heterocycles. The molecule has 3 rings (SSSR count). The number of aryl methyl sites for hydroxylation is 2. The standard InChI is InChI=1S/C20H22N2O2S/c1-15-6-7-16(2)20(14-15)25(23,24)21-17(3)18-8-10-19(11-9-18)22-12-4-5-13-22/h4-14,17,21H,1-3H3/t17-/m1/s1. The molecule has 4 nitrogen and oxygen atoms in total. The molecule has 0 bridgehead atoms. The molecule has 1 atom stereocenters. The van der Waals surface area contributed by atoms with Gasteiger partial charge in [0.05, 0.1) is 4.90 Å². The topological polar surface area (TPSA) is 51.1 Å². The van der Waals surface area contributed by atoms with E-state index in [4.69, 9.17) is 0 Å². The van der Waals surface area contributed by atoms with Gasteiger partial charge in [0.1, 0.15) is 0 Å². The van der Waals surface area contributed by atoms with Crippen molar-refractivity contribution in [3.8, 4) is 5.69 Å². The summed E-state index contributed by atoms with van der Waals surface area (Å²) >= 11 is 0. The summed E-state index contributed by atoms with van der Waals surface area (Å²) in [7, 11) is -3.57. The molecule has 1 aromatic heterocycles. The minimum atomic E-state index is -3.57. The van der Waals surface area contributed by atoms with Gasteiger partial charge in [-0.15, -0.1) is 0 Å². The molecule has 0 saturated heterocycles. The van der Waals surface area contributed by atoms with E-state index >= 15 is 0 Å². The lowest BCUT2D eigenvalue weighted by atomic mass is 10.1. The summed E-state index contributed by atoms with van der Waals surface area (Å²) < 4.78 is 30.2. The summed E-state index contributed by atoms with van der Waals surface area (Å²) in [5.74, 6) is 0. The summed E-state index contributed by atoms with van der Waals surface area (Å²) in [6.45, 7) is 5.56. The lowest BCUT2D eigenvalue weighted by Gasteiger charge is -2.17. The number of benzene rings is 2. The third kappa shape index (κ3) is 3.83. The van der Waals surface area contributed by atoms with Crippen LogP contribution in [-0.4, -0.2) is 13.0 Å². The molecular weight excluding hydrogens is 332 g/mol. The second-order valence-electron chi connectivity index (χ2n) is 6.29. The fourth-order valence-corrected chi connectivity index (χ4v) is 4.36. The summed E-state index contributed by atoms with van der Waals surface area (Å²) in [6.07, 6.45) is 3.95. The van der Waals surface area contributed by atoms with Crippen LogP contribution < -0.4 is 4.72 Å². The third-order valence-electron chi connectivity index (χ3n) is 4.26. The van der Waals surface area contributed by atoms with E-state index in [9.17, 15) is 8.42 Å². The highest BCUT2D eigenvalue weighted by molar-refractivity contribution is 7.89. The first-order valence-electron chi connectivity index (χ1n) is 8.20. The van der Waals surface area contributed by atoms with Crippen LogP contribution in [0.4, 0.5) is 0 Å². The molecule has 3 aromatic rings. The van der Waals surface area contributed by atoms with Crippen LogP contribution in [0.15, 0.2) is 71.9 Å². The molecule has 0 spiro atoms. The van der Waals surface area contributed by atoms with Crippen LogP contribution in [0.2, 0.25) is 0 Å². The molecule has 2 aromatic carbocycles. The van der Waals surface area contributed by atoms with Crippen molar-refractivity contribution in [2.45, 2.75) is 31.7 Å². The average molecular weight is 354 g/mol. The Kier molecular flexibility index (Phi) is 4.79. The Labute approximate surface area is 149 Å². The predicted molar refractivity (Wildman–Crippen MR) is 100 cm³/mol. The Balaban J connectivity index is 1.81. The zero-order chi connectivity index (χ0) is 18.0. The summed E-state index contributed by atoms with van der Waals surface area (Å²) in [4.78, 5) is 0.336. The number of sulfonamides is 1. The monoisotopic (exact) mass is 354 g/mol. The SMILES string of the molecule is Cc1ccc(C)c(S(=O)(=O)N[C@H](C)c2ccc(-n3cccc3)cc2)c1. The maximum Gasteiger partial charge on any atom is 0.241 e. The van der Waals surface area contributed by atoms with Crippen molar-refractivity contribution in [1.29, 1.82) is 0 Å². The van der Waals surface area contributed by atoms with Crippen molar-refractivity contribution in [2.24, 2.45) is 0 Å². The van der Waals surface area contributed by atoms with E-state index in [1.807, 2.05) is 86.3 Å². The van der Waals surface area contributed by atoms with E-state index in [1.54, 1.807) is 6.07 Å². The van der Waals surface area contributed by atoms with Crippen LogP contribution >= 0.6 is 0 Å². The summed E-state index contributed by atoms with van der Waals surface area (Å²) in [5.41, 5.74) is 3.63. The molecule has 0 fully saturated rings. The largest absolute Gasteiger partial charge is 0.324 e. The Bertz CT molecular complexity index is 959. The molecular formula is C20H22N2O2S. The van der Waals surface area contributed by atoms with Crippen molar-refractivity contribution in [3.63, 3.8) is 0 Å². The van der Waals surface area contributed by atoms with E-state index in [1.165, 1.54) is 0 Å². The van der Waals surface area contributed by atoms with Crippen molar-refractivity contribution in [3.05, 3.63) is 83.7 Å². The van der Waals surface area contributed by atoms with Crippen molar-refractivity contribution in [1.82, 2.24) is 9.29 Å². The van der Waals surface area contributed by atoms with Gasteiger partial charge in [-0.2, -0.15) is 0 Å². The molecule has 25 heavy (non-hydrogen) atoms. The molecule has 0 unspecified atom stereocenters. The van der Waals surface area contributed by atoms with Crippen LogP contribution in [0.3, 0.4) is 0 Å². The maximum atomic E-state index is 12.7. The lowest BCUT2D eigenvalue weighted by molar-refractivity contribution is 0.566. The highest BCUT2D eigenvalue weighted by Crippen LogP contribution is 2.21. The Morgan fingerprint density at radius 1 is 0.960 bits per heavy atom. The van der Waals surface area contributed by atoms with Crippen LogP contribution in [0.25, 0.3) is 5.69 Å². The first-order chi connectivity index (χ1) is 11.9. The van der Waals surface area contributed by atoms with E-state index < -0.39 is 10.0 Å². The van der Waals surface area contributed by atoms with Crippen molar-refractivity contribution in [2.75, 3.05) is 0 Å². The van der Waals surface area contributed by atoms with E-state index in [0.29, 0.717) is 4.90 Å². The molecule has 0 saturated carbocycles. The molecule has 0 amide bonds. The average Bonchev–Trinajstić information content (AvgIpc) is 3.11. The molecule has 0 aliphatic rings.